The van der Waals surface area contributed by atoms with Crippen molar-refractivity contribution >= 4 is 12.0 Å². The number of rotatable bonds is 4. The van der Waals surface area contributed by atoms with E-state index in [0.29, 0.717) is 49.1 Å². The summed E-state index contributed by atoms with van der Waals surface area (Å²) >= 11 is 0. The summed E-state index contributed by atoms with van der Waals surface area (Å²) in [6.45, 7) is 1.65. The minimum absolute atomic E-state index is 0.0960. The Hall–Kier alpha value is -2.64. The topological polar surface area (TPSA) is 77.5 Å². The van der Waals surface area contributed by atoms with Crippen LogP contribution in [0.5, 0.6) is 17.2 Å². The SMILES string of the molecule is COc1ccc(C(=O)N2CCN3C(=O)OC[C@@H]3C2)c(OC)c1OC. The van der Waals surface area contributed by atoms with E-state index in [1.165, 1.54) is 21.3 Å². The predicted octanol–water partition coefficient (Wildman–Crippen LogP) is 0.989. The minimum atomic E-state index is -0.309. The van der Waals surface area contributed by atoms with E-state index in [0.717, 1.165) is 0 Å². The molecule has 0 aromatic heterocycles. The lowest BCUT2D eigenvalue weighted by molar-refractivity contribution is 0.0613. The summed E-state index contributed by atoms with van der Waals surface area (Å²) in [5, 5.41) is 0. The minimum Gasteiger partial charge on any atom is -0.493 e. The first kappa shape index (κ1) is 16.2. The number of carbonyl (C=O) groups excluding carboxylic acids is 2. The molecule has 1 aromatic rings. The number of ether oxygens (including phenoxy) is 4. The molecule has 130 valence electrons. The van der Waals surface area contributed by atoms with Crippen molar-refractivity contribution in [2.24, 2.45) is 0 Å². The van der Waals surface area contributed by atoms with E-state index in [4.69, 9.17) is 18.9 Å². The second-order valence-electron chi connectivity index (χ2n) is 5.56. The van der Waals surface area contributed by atoms with Crippen molar-refractivity contribution < 1.29 is 28.5 Å². The van der Waals surface area contributed by atoms with Crippen molar-refractivity contribution in [2.45, 2.75) is 6.04 Å². The van der Waals surface area contributed by atoms with Gasteiger partial charge < -0.3 is 23.8 Å². The highest BCUT2D eigenvalue weighted by Gasteiger charge is 2.39. The van der Waals surface area contributed by atoms with E-state index in [2.05, 4.69) is 0 Å². The van der Waals surface area contributed by atoms with E-state index in [1.807, 2.05) is 0 Å². The molecule has 0 bridgehead atoms. The van der Waals surface area contributed by atoms with Crippen LogP contribution in [0.25, 0.3) is 0 Å². The summed E-state index contributed by atoms with van der Waals surface area (Å²) in [5.41, 5.74) is 0.397. The highest BCUT2D eigenvalue weighted by Crippen LogP contribution is 2.40. The van der Waals surface area contributed by atoms with Crippen LogP contribution in [-0.4, -0.2) is 75.4 Å². The van der Waals surface area contributed by atoms with Gasteiger partial charge in [0.1, 0.15) is 6.61 Å². The molecule has 2 fully saturated rings. The maximum Gasteiger partial charge on any atom is 0.410 e. The van der Waals surface area contributed by atoms with Gasteiger partial charge in [0.25, 0.3) is 5.91 Å². The number of benzene rings is 1. The Morgan fingerprint density at radius 3 is 2.54 bits per heavy atom. The van der Waals surface area contributed by atoms with Gasteiger partial charge in [-0.1, -0.05) is 0 Å². The van der Waals surface area contributed by atoms with E-state index in [9.17, 15) is 9.59 Å². The first-order valence-electron chi connectivity index (χ1n) is 7.62. The molecule has 24 heavy (non-hydrogen) atoms. The number of hydrogen-bond acceptors (Lipinski definition) is 6. The van der Waals surface area contributed by atoms with Crippen molar-refractivity contribution in [2.75, 3.05) is 47.6 Å². The Morgan fingerprint density at radius 1 is 1.12 bits per heavy atom. The summed E-state index contributed by atoms with van der Waals surface area (Å²) in [6.07, 6.45) is -0.309. The highest BCUT2D eigenvalue weighted by molar-refractivity contribution is 5.98. The molecule has 2 aliphatic heterocycles. The Labute approximate surface area is 139 Å². The number of amides is 2. The van der Waals surface area contributed by atoms with Gasteiger partial charge in [-0.15, -0.1) is 0 Å². The average Bonchev–Trinajstić information content (AvgIpc) is 3.00. The highest BCUT2D eigenvalue weighted by atomic mass is 16.6. The molecule has 2 saturated heterocycles. The smallest absolute Gasteiger partial charge is 0.410 e. The molecule has 0 radical (unpaired) electrons. The van der Waals surface area contributed by atoms with E-state index in [1.54, 1.807) is 21.9 Å². The van der Waals surface area contributed by atoms with Gasteiger partial charge in [0.2, 0.25) is 5.75 Å². The molecule has 1 atom stereocenters. The molecule has 2 amide bonds. The molecule has 0 saturated carbocycles. The number of piperazine rings is 1. The summed E-state index contributed by atoms with van der Waals surface area (Å²) in [5.74, 6) is 1.03. The largest absolute Gasteiger partial charge is 0.493 e. The third-order valence-corrected chi connectivity index (χ3v) is 4.34. The van der Waals surface area contributed by atoms with Crippen LogP contribution in [0.2, 0.25) is 0 Å². The fourth-order valence-electron chi connectivity index (χ4n) is 3.11. The Bertz CT molecular complexity index is 662. The van der Waals surface area contributed by atoms with Crippen molar-refractivity contribution in [1.82, 2.24) is 9.80 Å². The fourth-order valence-corrected chi connectivity index (χ4v) is 3.11. The normalized spacial score (nSPS) is 19.6. The van der Waals surface area contributed by atoms with E-state index in [-0.39, 0.29) is 18.0 Å². The van der Waals surface area contributed by atoms with Gasteiger partial charge in [-0.3, -0.25) is 9.69 Å². The van der Waals surface area contributed by atoms with Crippen LogP contribution in [-0.2, 0) is 4.74 Å². The van der Waals surface area contributed by atoms with Crippen molar-refractivity contribution in [3.8, 4) is 17.2 Å². The summed E-state index contributed by atoms with van der Waals surface area (Å²) in [7, 11) is 4.50. The lowest BCUT2D eigenvalue weighted by Gasteiger charge is -2.35. The number of methoxy groups -OCH3 is 3. The summed E-state index contributed by atoms with van der Waals surface area (Å²) in [6, 6.07) is 3.24. The number of carbonyl (C=O) groups is 2. The lowest BCUT2D eigenvalue weighted by atomic mass is 10.1. The second kappa shape index (κ2) is 6.46. The molecular formula is C16H20N2O6. The Balaban J connectivity index is 1.86. The molecule has 8 nitrogen and oxygen atoms in total. The molecule has 2 aliphatic rings. The van der Waals surface area contributed by atoms with Crippen LogP contribution >= 0.6 is 0 Å². The number of hydrogen-bond donors (Lipinski definition) is 0. The number of fused-ring (bicyclic) bond motifs is 1. The van der Waals surface area contributed by atoms with Crippen molar-refractivity contribution in [3.05, 3.63) is 17.7 Å². The Morgan fingerprint density at radius 2 is 1.88 bits per heavy atom. The molecule has 0 unspecified atom stereocenters. The molecule has 8 heteroatoms. The maximum absolute atomic E-state index is 12.9. The molecule has 0 aliphatic carbocycles. The quantitative estimate of drug-likeness (QED) is 0.816. The van der Waals surface area contributed by atoms with Gasteiger partial charge in [0, 0.05) is 19.6 Å². The second-order valence-corrected chi connectivity index (χ2v) is 5.56. The predicted molar refractivity (Wildman–Crippen MR) is 83.8 cm³/mol. The molecule has 3 rings (SSSR count). The van der Waals surface area contributed by atoms with Crippen LogP contribution in [0.3, 0.4) is 0 Å². The van der Waals surface area contributed by atoms with Crippen molar-refractivity contribution in [3.63, 3.8) is 0 Å². The average molecular weight is 336 g/mol. The number of cyclic esters (lactones) is 1. The zero-order chi connectivity index (χ0) is 17.3. The van der Waals surface area contributed by atoms with Gasteiger partial charge >= 0.3 is 6.09 Å². The Kier molecular flexibility index (Phi) is 4.37. The summed E-state index contributed by atoms with van der Waals surface area (Å²) in [4.78, 5) is 27.8. The first-order valence-corrected chi connectivity index (χ1v) is 7.62. The van der Waals surface area contributed by atoms with Crippen LogP contribution in [0.1, 0.15) is 10.4 Å². The van der Waals surface area contributed by atoms with Gasteiger partial charge in [0.15, 0.2) is 11.5 Å². The maximum atomic E-state index is 12.9. The zero-order valence-corrected chi connectivity index (χ0v) is 13.9. The van der Waals surface area contributed by atoms with Crippen LogP contribution in [0.15, 0.2) is 12.1 Å². The van der Waals surface area contributed by atoms with Gasteiger partial charge in [-0.2, -0.15) is 0 Å². The van der Waals surface area contributed by atoms with E-state index >= 15 is 0 Å². The molecule has 2 heterocycles. The van der Waals surface area contributed by atoms with Gasteiger partial charge in [-0.25, -0.2) is 4.79 Å². The standard InChI is InChI=1S/C16H20N2O6/c1-21-12-5-4-11(13(22-2)14(12)23-3)15(19)17-6-7-18-10(8-17)9-24-16(18)20/h4-5,10H,6-9H2,1-3H3/t10-/m0/s1. The molecule has 1 aromatic carbocycles. The van der Waals surface area contributed by atoms with Crippen LogP contribution < -0.4 is 14.2 Å². The van der Waals surface area contributed by atoms with Crippen LogP contribution in [0.4, 0.5) is 4.79 Å². The summed E-state index contributed by atoms with van der Waals surface area (Å²) < 4.78 is 21.0. The molecular weight excluding hydrogens is 316 g/mol. The van der Waals surface area contributed by atoms with E-state index < -0.39 is 0 Å². The zero-order valence-electron chi connectivity index (χ0n) is 13.9. The third-order valence-electron chi connectivity index (χ3n) is 4.34. The van der Waals surface area contributed by atoms with Crippen molar-refractivity contribution in [1.29, 1.82) is 0 Å². The number of nitrogens with zero attached hydrogens (tertiary/aromatic N) is 2. The van der Waals surface area contributed by atoms with Crippen LogP contribution in [0, 0.1) is 0 Å². The monoisotopic (exact) mass is 336 g/mol. The van der Waals surface area contributed by atoms with Gasteiger partial charge in [0.05, 0.1) is 32.9 Å². The van der Waals surface area contributed by atoms with Gasteiger partial charge in [-0.05, 0) is 12.1 Å². The lowest BCUT2D eigenvalue weighted by Crippen LogP contribution is -2.53. The third kappa shape index (κ3) is 2.57. The molecule has 0 spiro atoms. The fraction of sp³-hybridized carbons (Fsp3) is 0.500. The first-order chi connectivity index (χ1) is 11.6. The molecule has 0 N–H and O–H groups in total.